The molecular weight excluding hydrogens is 443 g/mol. The zero-order chi connectivity index (χ0) is 17.9. The maximum absolute atomic E-state index is 5.70. The van der Waals surface area contributed by atoms with Gasteiger partial charge in [-0.2, -0.15) is 0 Å². The van der Waals surface area contributed by atoms with Crippen LogP contribution in [0.25, 0.3) is 0 Å². The third-order valence-corrected chi connectivity index (χ3v) is 3.41. The standard InChI is InChI=1S/C19H26N4O2.HI/c1-4-20-19(22-14-16-7-5-6-15(2)23-16)21-12-13-25-18-10-8-17(24-3)9-11-18;/h5-11H,4,12-14H2,1-3H3,(H2,20,21,22);1H. The zero-order valence-electron chi connectivity index (χ0n) is 15.5. The van der Waals surface area contributed by atoms with Crippen molar-refractivity contribution in [3.8, 4) is 11.5 Å². The van der Waals surface area contributed by atoms with Crippen molar-refractivity contribution in [3.63, 3.8) is 0 Å². The minimum Gasteiger partial charge on any atom is -0.497 e. The van der Waals surface area contributed by atoms with Gasteiger partial charge in [0.15, 0.2) is 5.96 Å². The fourth-order valence-electron chi connectivity index (χ4n) is 2.20. The molecule has 2 rings (SSSR count). The van der Waals surface area contributed by atoms with Gasteiger partial charge in [0.05, 0.1) is 25.9 Å². The number of rotatable bonds is 8. The van der Waals surface area contributed by atoms with Crippen LogP contribution < -0.4 is 20.1 Å². The molecule has 0 fully saturated rings. The Kier molecular flexibility index (Phi) is 10.5. The van der Waals surface area contributed by atoms with E-state index in [9.17, 15) is 0 Å². The summed E-state index contributed by atoms with van der Waals surface area (Å²) in [6, 6.07) is 13.5. The van der Waals surface area contributed by atoms with Crippen LogP contribution in [-0.2, 0) is 6.54 Å². The highest BCUT2D eigenvalue weighted by atomic mass is 127. The summed E-state index contributed by atoms with van der Waals surface area (Å²) < 4.78 is 10.8. The van der Waals surface area contributed by atoms with E-state index in [0.29, 0.717) is 19.7 Å². The summed E-state index contributed by atoms with van der Waals surface area (Å²) in [5.74, 6) is 2.38. The Hall–Kier alpha value is -2.03. The van der Waals surface area contributed by atoms with Crippen molar-refractivity contribution in [1.29, 1.82) is 0 Å². The molecule has 7 heteroatoms. The van der Waals surface area contributed by atoms with Gasteiger partial charge in [0, 0.05) is 12.2 Å². The number of aryl methyl sites for hydroxylation is 1. The first-order valence-corrected chi connectivity index (χ1v) is 8.43. The number of nitrogens with one attached hydrogen (secondary N) is 2. The van der Waals surface area contributed by atoms with E-state index in [0.717, 1.165) is 35.4 Å². The number of aromatic nitrogens is 1. The number of nitrogens with zero attached hydrogens (tertiary/aromatic N) is 2. The molecule has 1 aromatic heterocycles. The highest BCUT2D eigenvalue weighted by Crippen LogP contribution is 2.16. The second-order valence-corrected chi connectivity index (χ2v) is 5.42. The molecule has 0 spiro atoms. The number of benzene rings is 1. The van der Waals surface area contributed by atoms with Gasteiger partial charge in [-0.25, -0.2) is 4.99 Å². The summed E-state index contributed by atoms with van der Waals surface area (Å²) in [6.45, 7) is 6.55. The number of methoxy groups -OCH3 is 1. The monoisotopic (exact) mass is 470 g/mol. The lowest BCUT2D eigenvalue weighted by molar-refractivity contribution is 0.321. The van der Waals surface area contributed by atoms with Crippen LogP contribution in [-0.4, -0.2) is 37.7 Å². The van der Waals surface area contributed by atoms with Crippen LogP contribution in [0.4, 0.5) is 0 Å². The fraction of sp³-hybridized carbons (Fsp3) is 0.368. The Balaban J connectivity index is 0.00000338. The van der Waals surface area contributed by atoms with E-state index in [1.54, 1.807) is 7.11 Å². The highest BCUT2D eigenvalue weighted by molar-refractivity contribution is 14.0. The lowest BCUT2D eigenvalue weighted by Gasteiger charge is -2.12. The van der Waals surface area contributed by atoms with Crippen LogP contribution >= 0.6 is 24.0 Å². The molecule has 0 bridgehead atoms. The SMILES string of the molecule is CCNC(=NCc1cccc(C)n1)NCCOc1ccc(OC)cc1.I. The molecule has 0 amide bonds. The molecule has 0 aliphatic carbocycles. The number of pyridine rings is 1. The minimum atomic E-state index is 0. The average Bonchev–Trinajstić information content (AvgIpc) is 2.63. The molecule has 6 nitrogen and oxygen atoms in total. The molecule has 142 valence electrons. The van der Waals surface area contributed by atoms with Crippen LogP contribution in [0.2, 0.25) is 0 Å². The van der Waals surface area contributed by atoms with Crippen LogP contribution in [0.3, 0.4) is 0 Å². The van der Waals surface area contributed by atoms with Gasteiger partial charge in [-0.3, -0.25) is 4.98 Å². The van der Waals surface area contributed by atoms with Crippen molar-refractivity contribution in [1.82, 2.24) is 15.6 Å². The number of ether oxygens (including phenoxy) is 2. The number of guanidine groups is 1. The van der Waals surface area contributed by atoms with Crippen molar-refractivity contribution in [2.75, 3.05) is 26.8 Å². The molecule has 1 aromatic carbocycles. The first kappa shape index (κ1) is 22.0. The van der Waals surface area contributed by atoms with Crippen LogP contribution in [0, 0.1) is 6.92 Å². The third-order valence-electron chi connectivity index (χ3n) is 3.41. The van der Waals surface area contributed by atoms with E-state index in [1.807, 2.05) is 56.3 Å². The van der Waals surface area contributed by atoms with E-state index < -0.39 is 0 Å². The van der Waals surface area contributed by atoms with Gasteiger partial charge in [0.2, 0.25) is 0 Å². The molecule has 0 atom stereocenters. The topological polar surface area (TPSA) is 67.8 Å². The first-order chi connectivity index (χ1) is 12.2. The summed E-state index contributed by atoms with van der Waals surface area (Å²) in [5.41, 5.74) is 1.95. The molecule has 0 unspecified atom stereocenters. The van der Waals surface area contributed by atoms with Gasteiger partial charge in [0.25, 0.3) is 0 Å². The van der Waals surface area contributed by atoms with Crippen LogP contribution in [0.1, 0.15) is 18.3 Å². The zero-order valence-corrected chi connectivity index (χ0v) is 17.8. The van der Waals surface area contributed by atoms with Crippen molar-refractivity contribution >= 4 is 29.9 Å². The third kappa shape index (κ3) is 7.90. The van der Waals surface area contributed by atoms with Crippen LogP contribution in [0.5, 0.6) is 11.5 Å². The molecule has 26 heavy (non-hydrogen) atoms. The van der Waals surface area contributed by atoms with E-state index >= 15 is 0 Å². The van der Waals surface area contributed by atoms with Gasteiger partial charge >= 0.3 is 0 Å². The van der Waals surface area contributed by atoms with Crippen molar-refractivity contribution < 1.29 is 9.47 Å². The Bertz CT molecular complexity index is 677. The van der Waals surface area contributed by atoms with E-state index in [-0.39, 0.29) is 24.0 Å². The Labute approximate surface area is 172 Å². The van der Waals surface area contributed by atoms with Crippen molar-refractivity contribution in [2.24, 2.45) is 4.99 Å². The predicted octanol–water partition coefficient (Wildman–Crippen LogP) is 3.15. The molecule has 0 saturated carbocycles. The lowest BCUT2D eigenvalue weighted by Crippen LogP contribution is -2.39. The summed E-state index contributed by atoms with van der Waals surface area (Å²) in [7, 11) is 1.65. The molecule has 0 saturated heterocycles. The molecule has 2 N–H and O–H groups in total. The van der Waals surface area contributed by atoms with Crippen molar-refractivity contribution in [3.05, 3.63) is 53.9 Å². The quantitative estimate of drug-likeness (QED) is 0.269. The predicted molar refractivity (Wildman–Crippen MR) is 116 cm³/mol. The fourth-order valence-corrected chi connectivity index (χ4v) is 2.20. The summed E-state index contributed by atoms with van der Waals surface area (Å²) in [4.78, 5) is 9.01. The molecular formula is C19H27IN4O2. The number of aliphatic imine (C=N–C) groups is 1. The Morgan fingerprint density at radius 3 is 2.46 bits per heavy atom. The van der Waals surface area contributed by atoms with E-state index in [2.05, 4.69) is 20.6 Å². The first-order valence-electron chi connectivity index (χ1n) is 8.43. The normalized spacial score (nSPS) is 10.7. The van der Waals surface area contributed by atoms with Crippen LogP contribution in [0.15, 0.2) is 47.5 Å². The summed E-state index contributed by atoms with van der Waals surface area (Å²) in [6.07, 6.45) is 0. The molecule has 0 aliphatic heterocycles. The smallest absolute Gasteiger partial charge is 0.191 e. The average molecular weight is 470 g/mol. The van der Waals surface area contributed by atoms with Gasteiger partial charge in [-0.1, -0.05) is 6.07 Å². The maximum Gasteiger partial charge on any atom is 0.191 e. The second-order valence-electron chi connectivity index (χ2n) is 5.42. The Morgan fingerprint density at radius 1 is 1.08 bits per heavy atom. The highest BCUT2D eigenvalue weighted by Gasteiger charge is 2.00. The molecule has 1 heterocycles. The minimum absolute atomic E-state index is 0. The summed E-state index contributed by atoms with van der Waals surface area (Å²) in [5, 5.41) is 6.48. The molecule has 0 radical (unpaired) electrons. The molecule has 2 aromatic rings. The van der Waals surface area contributed by atoms with Crippen molar-refractivity contribution in [2.45, 2.75) is 20.4 Å². The Morgan fingerprint density at radius 2 is 1.81 bits per heavy atom. The lowest BCUT2D eigenvalue weighted by atomic mass is 10.3. The number of halogens is 1. The second kappa shape index (κ2) is 12.3. The van der Waals surface area contributed by atoms with Gasteiger partial charge in [0.1, 0.15) is 18.1 Å². The largest absolute Gasteiger partial charge is 0.497 e. The maximum atomic E-state index is 5.70. The van der Waals surface area contributed by atoms with E-state index in [1.165, 1.54) is 0 Å². The van der Waals surface area contributed by atoms with Gasteiger partial charge in [-0.05, 0) is 50.2 Å². The van der Waals surface area contributed by atoms with E-state index in [4.69, 9.17) is 9.47 Å². The van der Waals surface area contributed by atoms with Gasteiger partial charge < -0.3 is 20.1 Å². The summed E-state index contributed by atoms with van der Waals surface area (Å²) >= 11 is 0. The van der Waals surface area contributed by atoms with Gasteiger partial charge in [-0.15, -0.1) is 24.0 Å². The number of hydrogen-bond donors (Lipinski definition) is 2. The number of hydrogen-bond acceptors (Lipinski definition) is 4. The molecule has 0 aliphatic rings.